The molecule has 0 atom stereocenters. The number of halogens is 3. The fraction of sp³-hybridized carbons (Fsp3) is 0.250. The average Bonchev–Trinajstić information content (AvgIpc) is 3.16. The van der Waals surface area contributed by atoms with Crippen molar-refractivity contribution < 1.29 is 18.1 Å². The summed E-state index contributed by atoms with van der Waals surface area (Å²) in [6.45, 7) is 2.51. The first-order valence-electron chi connectivity index (χ1n) is 9.04. The molecule has 6 nitrogen and oxygen atoms in total. The van der Waals surface area contributed by atoms with Crippen LogP contribution in [0.3, 0.4) is 0 Å². The van der Waals surface area contributed by atoms with E-state index in [0.29, 0.717) is 49.5 Å². The minimum Gasteiger partial charge on any atom is -0.338 e. The van der Waals surface area contributed by atoms with E-state index in [2.05, 4.69) is 15.0 Å². The Morgan fingerprint density at radius 3 is 2.34 bits per heavy atom. The van der Waals surface area contributed by atoms with E-state index in [0.717, 1.165) is 23.8 Å². The molecule has 0 saturated carbocycles. The minimum absolute atomic E-state index is 0.0143. The van der Waals surface area contributed by atoms with Crippen molar-refractivity contribution in [2.45, 2.75) is 6.54 Å². The van der Waals surface area contributed by atoms with Crippen LogP contribution in [0.5, 0.6) is 0 Å². The molecule has 1 saturated heterocycles. The second-order valence-corrected chi connectivity index (χ2v) is 7.18. The van der Waals surface area contributed by atoms with Gasteiger partial charge in [-0.15, -0.1) is 0 Å². The van der Waals surface area contributed by atoms with Crippen LogP contribution in [0.15, 0.2) is 47.0 Å². The lowest BCUT2D eigenvalue weighted by atomic mass is 10.1. The molecule has 0 N–H and O–H groups in total. The SMILES string of the molecule is O=C(c1cc(F)cc(F)c1)N1CCN(Cc2nc(-c3ccc(Cl)cc3)no2)CC1. The van der Waals surface area contributed by atoms with Crippen LogP contribution in [0.4, 0.5) is 8.78 Å². The van der Waals surface area contributed by atoms with E-state index < -0.39 is 11.6 Å². The largest absolute Gasteiger partial charge is 0.338 e. The summed E-state index contributed by atoms with van der Waals surface area (Å²) in [5, 5.41) is 4.62. The summed E-state index contributed by atoms with van der Waals surface area (Å²) in [7, 11) is 0. The van der Waals surface area contributed by atoms with E-state index in [9.17, 15) is 13.6 Å². The predicted octanol–water partition coefficient (Wildman–Crippen LogP) is 3.63. The van der Waals surface area contributed by atoms with Crippen molar-refractivity contribution in [3.05, 3.63) is 70.6 Å². The summed E-state index contributed by atoms with van der Waals surface area (Å²) in [6.07, 6.45) is 0. The zero-order valence-electron chi connectivity index (χ0n) is 15.3. The molecule has 2 heterocycles. The Kier molecular flexibility index (Phi) is 5.55. The molecule has 1 aliphatic heterocycles. The van der Waals surface area contributed by atoms with Gasteiger partial charge in [-0.2, -0.15) is 4.98 Å². The molecule has 0 spiro atoms. The van der Waals surface area contributed by atoms with Crippen LogP contribution in [-0.2, 0) is 6.54 Å². The van der Waals surface area contributed by atoms with Gasteiger partial charge in [0.2, 0.25) is 11.7 Å². The first kappa shape index (κ1) is 19.5. The maximum Gasteiger partial charge on any atom is 0.254 e. The molecular weight excluding hydrogens is 402 g/mol. The van der Waals surface area contributed by atoms with Gasteiger partial charge in [0.05, 0.1) is 6.54 Å². The van der Waals surface area contributed by atoms with Crippen molar-refractivity contribution in [3.8, 4) is 11.4 Å². The minimum atomic E-state index is -0.764. The molecule has 1 aliphatic rings. The number of aromatic nitrogens is 2. The van der Waals surface area contributed by atoms with Gasteiger partial charge in [0.1, 0.15) is 11.6 Å². The highest BCUT2D eigenvalue weighted by atomic mass is 35.5. The molecule has 1 aromatic heterocycles. The third-order valence-electron chi connectivity index (χ3n) is 4.70. The van der Waals surface area contributed by atoms with Gasteiger partial charge in [0.15, 0.2) is 0 Å². The van der Waals surface area contributed by atoms with Crippen molar-refractivity contribution in [2.75, 3.05) is 26.2 Å². The highest BCUT2D eigenvalue weighted by Crippen LogP contribution is 2.19. The van der Waals surface area contributed by atoms with Crippen molar-refractivity contribution in [1.29, 1.82) is 0 Å². The topological polar surface area (TPSA) is 62.5 Å². The molecular formula is C20H17ClF2N4O2. The first-order chi connectivity index (χ1) is 14.0. The summed E-state index contributed by atoms with van der Waals surface area (Å²) in [4.78, 5) is 20.5. The number of rotatable bonds is 4. The lowest BCUT2D eigenvalue weighted by Gasteiger charge is -2.34. The third-order valence-corrected chi connectivity index (χ3v) is 4.95. The number of hydrogen-bond donors (Lipinski definition) is 0. The smallest absolute Gasteiger partial charge is 0.254 e. The van der Waals surface area contributed by atoms with Crippen molar-refractivity contribution in [1.82, 2.24) is 19.9 Å². The molecule has 1 amide bonds. The number of piperazine rings is 1. The van der Waals surface area contributed by atoms with E-state index in [-0.39, 0.29) is 11.5 Å². The molecule has 0 radical (unpaired) electrons. The molecule has 3 aromatic rings. The van der Waals surface area contributed by atoms with E-state index in [1.807, 2.05) is 12.1 Å². The average molecular weight is 419 g/mol. The molecule has 0 aliphatic carbocycles. The Hall–Kier alpha value is -2.84. The van der Waals surface area contributed by atoms with E-state index >= 15 is 0 Å². The van der Waals surface area contributed by atoms with Gasteiger partial charge >= 0.3 is 0 Å². The lowest BCUT2D eigenvalue weighted by Crippen LogP contribution is -2.48. The zero-order valence-corrected chi connectivity index (χ0v) is 16.1. The Morgan fingerprint density at radius 2 is 1.69 bits per heavy atom. The second-order valence-electron chi connectivity index (χ2n) is 6.75. The molecule has 150 valence electrons. The van der Waals surface area contributed by atoms with Gasteiger partial charge in [-0.1, -0.05) is 16.8 Å². The number of hydrogen-bond acceptors (Lipinski definition) is 5. The Bertz CT molecular complexity index is 997. The molecule has 0 bridgehead atoms. The molecule has 4 rings (SSSR count). The second kappa shape index (κ2) is 8.26. The molecule has 0 unspecified atom stereocenters. The standard InChI is InChI=1S/C20H17ClF2N4O2/c21-15-3-1-13(2-4-15)19-24-18(29-25-19)12-26-5-7-27(8-6-26)20(28)14-9-16(22)11-17(23)10-14/h1-4,9-11H,5-8,12H2. The third kappa shape index (κ3) is 4.60. The van der Waals surface area contributed by atoms with Gasteiger partial charge in [-0.25, -0.2) is 8.78 Å². The number of amides is 1. The van der Waals surface area contributed by atoms with Gasteiger partial charge in [0.25, 0.3) is 5.91 Å². The lowest BCUT2D eigenvalue weighted by molar-refractivity contribution is 0.0614. The van der Waals surface area contributed by atoms with E-state index in [1.165, 1.54) is 0 Å². The van der Waals surface area contributed by atoms with Crippen molar-refractivity contribution >= 4 is 17.5 Å². The summed E-state index contributed by atoms with van der Waals surface area (Å²) in [5.74, 6) is -0.953. The zero-order chi connectivity index (χ0) is 20.4. The Balaban J connectivity index is 1.34. The van der Waals surface area contributed by atoms with Crippen LogP contribution < -0.4 is 0 Å². The van der Waals surface area contributed by atoms with Gasteiger partial charge in [-0.3, -0.25) is 9.69 Å². The van der Waals surface area contributed by atoms with Crippen molar-refractivity contribution in [3.63, 3.8) is 0 Å². The number of benzene rings is 2. The monoisotopic (exact) mass is 418 g/mol. The first-order valence-corrected chi connectivity index (χ1v) is 9.42. The quantitative estimate of drug-likeness (QED) is 0.647. The maximum atomic E-state index is 13.4. The predicted molar refractivity (Wildman–Crippen MR) is 102 cm³/mol. The van der Waals surface area contributed by atoms with Crippen LogP contribution in [0.25, 0.3) is 11.4 Å². The number of carbonyl (C=O) groups is 1. The molecule has 9 heteroatoms. The Labute approximate surface area is 170 Å². The van der Waals surface area contributed by atoms with Gasteiger partial charge < -0.3 is 9.42 Å². The highest BCUT2D eigenvalue weighted by Gasteiger charge is 2.24. The number of carbonyl (C=O) groups excluding carboxylic acids is 1. The van der Waals surface area contributed by atoms with Crippen LogP contribution in [0.2, 0.25) is 5.02 Å². The highest BCUT2D eigenvalue weighted by molar-refractivity contribution is 6.30. The van der Waals surface area contributed by atoms with E-state index in [1.54, 1.807) is 17.0 Å². The Morgan fingerprint density at radius 1 is 1.03 bits per heavy atom. The van der Waals surface area contributed by atoms with Gasteiger partial charge in [-0.05, 0) is 36.4 Å². The van der Waals surface area contributed by atoms with Crippen LogP contribution >= 0.6 is 11.6 Å². The van der Waals surface area contributed by atoms with Gasteiger partial charge in [0, 0.05) is 48.4 Å². The summed E-state index contributed by atoms with van der Waals surface area (Å²) >= 11 is 5.89. The van der Waals surface area contributed by atoms with Crippen LogP contribution in [0.1, 0.15) is 16.2 Å². The molecule has 1 fully saturated rings. The summed E-state index contributed by atoms with van der Waals surface area (Å²) in [6, 6.07) is 9.99. The molecule has 29 heavy (non-hydrogen) atoms. The normalized spacial score (nSPS) is 14.9. The van der Waals surface area contributed by atoms with Crippen LogP contribution in [-0.4, -0.2) is 52.0 Å². The summed E-state index contributed by atoms with van der Waals surface area (Å²) in [5.41, 5.74) is 0.822. The maximum absolute atomic E-state index is 13.4. The number of nitrogens with zero attached hydrogens (tertiary/aromatic N) is 4. The van der Waals surface area contributed by atoms with E-state index in [4.69, 9.17) is 16.1 Å². The molecule has 2 aromatic carbocycles. The van der Waals surface area contributed by atoms with Crippen molar-refractivity contribution in [2.24, 2.45) is 0 Å². The fourth-order valence-corrected chi connectivity index (χ4v) is 3.32. The summed E-state index contributed by atoms with van der Waals surface area (Å²) < 4.78 is 32.0. The fourth-order valence-electron chi connectivity index (χ4n) is 3.20. The van der Waals surface area contributed by atoms with Crippen LogP contribution in [0, 0.1) is 11.6 Å².